The first-order valence-corrected chi connectivity index (χ1v) is 9.43. The van der Waals surface area contributed by atoms with Crippen LogP contribution in [0.25, 0.3) is 0 Å². The fourth-order valence-electron chi connectivity index (χ4n) is 3.66. The number of hydrogen-bond acceptors (Lipinski definition) is 3. The van der Waals surface area contributed by atoms with Gasteiger partial charge in [-0.1, -0.05) is 23.7 Å². The molecule has 152 valence electrons. The van der Waals surface area contributed by atoms with Crippen LogP contribution >= 0.6 is 11.6 Å². The molecule has 1 unspecified atom stereocenters. The van der Waals surface area contributed by atoms with Crippen LogP contribution in [-0.4, -0.2) is 39.7 Å². The van der Waals surface area contributed by atoms with E-state index in [0.29, 0.717) is 37.4 Å². The van der Waals surface area contributed by atoms with E-state index in [0.717, 1.165) is 16.4 Å². The van der Waals surface area contributed by atoms with Gasteiger partial charge < -0.3 is 10.6 Å². The van der Waals surface area contributed by atoms with E-state index in [1.165, 1.54) is 11.9 Å². The second kappa shape index (κ2) is 8.13. The summed E-state index contributed by atoms with van der Waals surface area (Å²) in [6.07, 6.45) is -1.57. The molecule has 0 spiro atoms. The first kappa shape index (κ1) is 20.7. The number of nitrogens with two attached hydrogens (primary N) is 1. The molecule has 3 rings (SSSR count). The smallest absolute Gasteiger partial charge is 0.339 e. The van der Waals surface area contributed by atoms with Crippen LogP contribution in [0, 0.1) is 5.92 Å². The standard InChI is InChI=1S/C19H22ClF3N4O/c1-26-11-15(17(25-26)19(21,22)23)18(28)27-7-5-13(6-8-27)16(24)10-12-3-2-4-14(20)9-12/h2-4,9,11,13,16H,5-8,10,24H2,1H3. The summed E-state index contributed by atoms with van der Waals surface area (Å²) in [5, 5.41) is 4.06. The second-order valence-electron chi connectivity index (χ2n) is 7.19. The van der Waals surface area contributed by atoms with E-state index in [9.17, 15) is 18.0 Å². The zero-order chi connectivity index (χ0) is 20.5. The number of aromatic nitrogens is 2. The lowest BCUT2D eigenvalue weighted by Gasteiger charge is -2.35. The molecule has 0 bridgehead atoms. The van der Waals surface area contributed by atoms with E-state index in [1.54, 1.807) is 6.07 Å². The highest BCUT2D eigenvalue weighted by molar-refractivity contribution is 6.30. The first-order valence-electron chi connectivity index (χ1n) is 9.05. The van der Waals surface area contributed by atoms with Crippen LogP contribution in [-0.2, 0) is 19.6 Å². The number of carbonyl (C=O) groups is 1. The Morgan fingerprint density at radius 3 is 2.64 bits per heavy atom. The Bertz CT molecular complexity index is 844. The lowest BCUT2D eigenvalue weighted by molar-refractivity contribution is -0.141. The molecule has 1 aromatic heterocycles. The van der Waals surface area contributed by atoms with Crippen molar-refractivity contribution in [3.63, 3.8) is 0 Å². The highest BCUT2D eigenvalue weighted by Gasteiger charge is 2.40. The molecule has 0 saturated carbocycles. The molecule has 28 heavy (non-hydrogen) atoms. The van der Waals surface area contributed by atoms with Crippen LogP contribution in [0.15, 0.2) is 30.5 Å². The van der Waals surface area contributed by atoms with Crippen molar-refractivity contribution in [1.29, 1.82) is 0 Å². The molecule has 2 aromatic rings. The monoisotopic (exact) mass is 414 g/mol. The summed E-state index contributed by atoms with van der Waals surface area (Å²) < 4.78 is 40.4. The number of hydrogen-bond donors (Lipinski definition) is 1. The molecule has 1 saturated heterocycles. The average molecular weight is 415 g/mol. The maximum Gasteiger partial charge on any atom is 0.435 e. The number of aryl methyl sites for hydroxylation is 1. The van der Waals surface area contributed by atoms with Crippen molar-refractivity contribution in [2.24, 2.45) is 18.7 Å². The van der Waals surface area contributed by atoms with Crippen LogP contribution in [0.4, 0.5) is 13.2 Å². The van der Waals surface area contributed by atoms with Crippen LogP contribution in [0.5, 0.6) is 0 Å². The third kappa shape index (κ3) is 4.67. The van der Waals surface area contributed by atoms with Gasteiger partial charge in [-0.25, -0.2) is 0 Å². The summed E-state index contributed by atoms with van der Waals surface area (Å²) >= 11 is 6.00. The highest BCUT2D eigenvalue weighted by Crippen LogP contribution is 2.32. The normalized spacial score (nSPS) is 17.0. The number of likely N-dealkylation sites (tertiary alicyclic amines) is 1. The number of carbonyl (C=O) groups excluding carboxylic acids is 1. The number of alkyl halides is 3. The summed E-state index contributed by atoms with van der Waals surface area (Å²) in [6.45, 7) is 0.748. The Balaban J connectivity index is 1.62. The summed E-state index contributed by atoms with van der Waals surface area (Å²) in [6, 6.07) is 7.42. The predicted molar refractivity (Wildman–Crippen MR) is 100.0 cm³/mol. The Hall–Kier alpha value is -2.06. The molecule has 2 heterocycles. The minimum atomic E-state index is -4.66. The highest BCUT2D eigenvalue weighted by atomic mass is 35.5. The van der Waals surface area contributed by atoms with Crippen molar-refractivity contribution in [2.45, 2.75) is 31.5 Å². The van der Waals surface area contributed by atoms with Gasteiger partial charge in [0.05, 0.1) is 5.56 Å². The van der Waals surface area contributed by atoms with Crippen molar-refractivity contribution in [2.75, 3.05) is 13.1 Å². The summed E-state index contributed by atoms with van der Waals surface area (Å²) in [5.74, 6) is -0.443. The van der Waals surface area contributed by atoms with E-state index in [4.69, 9.17) is 17.3 Å². The Morgan fingerprint density at radius 1 is 1.36 bits per heavy atom. The molecule has 1 aromatic carbocycles. The Labute approximate surface area is 166 Å². The van der Waals surface area contributed by atoms with E-state index in [-0.39, 0.29) is 12.0 Å². The van der Waals surface area contributed by atoms with E-state index in [1.807, 2.05) is 18.2 Å². The molecular weight excluding hydrogens is 393 g/mol. The maximum absolute atomic E-state index is 13.1. The summed E-state index contributed by atoms with van der Waals surface area (Å²) in [5.41, 5.74) is 5.84. The van der Waals surface area contributed by atoms with E-state index >= 15 is 0 Å². The second-order valence-corrected chi connectivity index (χ2v) is 7.63. The lowest BCUT2D eigenvalue weighted by atomic mass is 9.86. The number of piperidine rings is 1. The molecule has 2 N–H and O–H groups in total. The SMILES string of the molecule is Cn1cc(C(=O)N2CCC(C(N)Cc3cccc(Cl)c3)CC2)c(C(F)(F)F)n1. The van der Waals surface area contributed by atoms with Crippen molar-refractivity contribution in [1.82, 2.24) is 14.7 Å². The van der Waals surface area contributed by atoms with Gasteiger partial charge in [-0.15, -0.1) is 0 Å². The molecule has 0 aliphatic carbocycles. The molecule has 1 aliphatic rings. The maximum atomic E-state index is 13.1. The van der Waals surface area contributed by atoms with Crippen LogP contribution in [0.2, 0.25) is 5.02 Å². The zero-order valence-corrected chi connectivity index (χ0v) is 16.2. The van der Waals surface area contributed by atoms with Gasteiger partial charge >= 0.3 is 6.18 Å². The molecule has 1 fully saturated rings. The van der Waals surface area contributed by atoms with Crippen LogP contribution in [0.3, 0.4) is 0 Å². The number of amides is 1. The molecule has 1 aliphatic heterocycles. The largest absolute Gasteiger partial charge is 0.435 e. The van der Waals surface area contributed by atoms with Gasteiger partial charge in [-0.3, -0.25) is 9.48 Å². The summed E-state index contributed by atoms with van der Waals surface area (Å²) in [7, 11) is 1.37. The van der Waals surface area contributed by atoms with Gasteiger partial charge in [-0.2, -0.15) is 18.3 Å². The van der Waals surface area contributed by atoms with Crippen LogP contribution in [0.1, 0.15) is 34.5 Å². The minimum Gasteiger partial charge on any atom is -0.339 e. The van der Waals surface area contributed by atoms with Gasteiger partial charge in [0.15, 0.2) is 5.69 Å². The van der Waals surface area contributed by atoms with E-state index < -0.39 is 23.3 Å². The topological polar surface area (TPSA) is 64.2 Å². The molecule has 1 amide bonds. The fourth-order valence-corrected chi connectivity index (χ4v) is 3.87. The number of benzene rings is 1. The van der Waals surface area contributed by atoms with E-state index in [2.05, 4.69) is 5.10 Å². The Kier molecular flexibility index (Phi) is 6.00. The molecule has 9 heteroatoms. The van der Waals surface area contributed by atoms with Crippen molar-refractivity contribution in [3.8, 4) is 0 Å². The number of halogens is 4. The Morgan fingerprint density at radius 2 is 2.04 bits per heavy atom. The quantitative estimate of drug-likeness (QED) is 0.832. The molecular formula is C19H22ClF3N4O. The predicted octanol–water partition coefficient (Wildman–Crippen LogP) is 3.51. The third-order valence-corrected chi connectivity index (χ3v) is 5.36. The van der Waals surface area contributed by atoms with Crippen LogP contribution < -0.4 is 5.73 Å². The van der Waals surface area contributed by atoms with Gasteiger partial charge in [0, 0.05) is 37.4 Å². The van der Waals surface area contributed by atoms with Crippen molar-refractivity contribution < 1.29 is 18.0 Å². The van der Waals surface area contributed by atoms with Gasteiger partial charge in [0.25, 0.3) is 5.91 Å². The third-order valence-electron chi connectivity index (χ3n) is 5.12. The van der Waals surface area contributed by atoms with Crippen molar-refractivity contribution in [3.05, 3.63) is 52.3 Å². The lowest BCUT2D eigenvalue weighted by Crippen LogP contribution is -2.44. The van der Waals surface area contributed by atoms with Gasteiger partial charge in [0.2, 0.25) is 0 Å². The molecule has 0 radical (unpaired) electrons. The number of nitrogens with zero attached hydrogens (tertiary/aromatic N) is 3. The van der Waals surface area contributed by atoms with Crippen molar-refractivity contribution >= 4 is 17.5 Å². The minimum absolute atomic E-state index is 0.0974. The fraction of sp³-hybridized carbons (Fsp3) is 0.474. The molecule has 5 nitrogen and oxygen atoms in total. The zero-order valence-electron chi connectivity index (χ0n) is 15.4. The van der Waals surface area contributed by atoms with Gasteiger partial charge in [0.1, 0.15) is 0 Å². The average Bonchev–Trinajstić information content (AvgIpc) is 3.03. The van der Waals surface area contributed by atoms with Gasteiger partial charge in [-0.05, 0) is 42.9 Å². The first-order chi connectivity index (χ1) is 13.1. The molecule has 1 atom stereocenters. The summed E-state index contributed by atoms with van der Waals surface area (Å²) in [4.78, 5) is 14.1. The number of rotatable bonds is 4.